The van der Waals surface area contributed by atoms with Gasteiger partial charge < -0.3 is 11.1 Å². The Kier molecular flexibility index (Phi) is 5.09. The van der Waals surface area contributed by atoms with E-state index in [-0.39, 0.29) is 17.9 Å². The van der Waals surface area contributed by atoms with Crippen LogP contribution in [0.5, 0.6) is 0 Å². The molecule has 3 heteroatoms. The third kappa shape index (κ3) is 3.82. The van der Waals surface area contributed by atoms with E-state index in [1.165, 1.54) is 0 Å². The van der Waals surface area contributed by atoms with Crippen LogP contribution in [0.15, 0.2) is 0 Å². The first-order valence-electron chi connectivity index (χ1n) is 6.23. The molecule has 1 saturated carbocycles. The van der Waals surface area contributed by atoms with Crippen LogP contribution in [0, 0.1) is 5.92 Å². The highest BCUT2D eigenvalue weighted by molar-refractivity contribution is 5.79. The molecule has 0 bridgehead atoms. The second kappa shape index (κ2) is 6.11. The van der Waals surface area contributed by atoms with Crippen molar-refractivity contribution in [3.8, 4) is 0 Å². The monoisotopic (exact) mass is 212 g/mol. The Labute approximate surface area is 92.8 Å². The Bertz CT molecular complexity index is 202. The van der Waals surface area contributed by atoms with Gasteiger partial charge in [0.15, 0.2) is 0 Å². The second-order valence-corrected chi connectivity index (χ2v) is 4.65. The van der Waals surface area contributed by atoms with Gasteiger partial charge in [-0.25, -0.2) is 0 Å². The molecule has 0 heterocycles. The molecule has 0 spiro atoms. The Morgan fingerprint density at radius 2 is 2.07 bits per heavy atom. The van der Waals surface area contributed by atoms with E-state index < -0.39 is 0 Å². The molecule has 0 aromatic carbocycles. The molecule has 1 aliphatic rings. The van der Waals surface area contributed by atoms with E-state index in [1.807, 2.05) is 0 Å². The summed E-state index contributed by atoms with van der Waals surface area (Å²) >= 11 is 0. The minimum absolute atomic E-state index is 0.161. The van der Waals surface area contributed by atoms with Gasteiger partial charge in [0.2, 0.25) is 5.91 Å². The first-order valence-corrected chi connectivity index (χ1v) is 6.23. The molecular formula is C12H24N2O. The third-order valence-corrected chi connectivity index (χ3v) is 3.42. The maximum Gasteiger partial charge on any atom is 0.223 e. The summed E-state index contributed by atoms with van der Waals surface area (Å²) in [5.74, 6) is 0.383. The van der Waals surface area contributed by atoms with Crippen molar-refractivity contribution in [2.45, 2.75) is 64.5 Å². The van der Waals surface area contributed by atoms with Gasteiger partial charge in [0.25, 0.3) is 0 Å². The predicted molar refractivity (Wildman–Crippen MR) is 62.4 cm³/mol. The lowest BCUT2D eigenvalue weighted by molar-refractivity contribution is -0.126. The van der Waals surface area contributed by atoms with Gasteiger partial charge in [0, 0.05) is 18.0 Å². The summed E-state index contributed by atoms with van der Waals surface area (Å²) in [6.45, 7) is 4.22. The molecule has 1 amide bonds. The molecule has 2 atom stereocenters. The zero-order valence-electron chi connectivity index (χ0n) is 9.96. The fraction of sp³-hybridized carbons (Fsp3) is 0.917. The molecule has 0 aromatic heterocycles. The van der Waals surface area contributed by atoms with Crippen LogP contribution in [0.2, 0.25) is 0 Å². The van der Waals surface area contributed by atoms with Crippen LogP contribution in [0.25, 0.3) is 0 Å². The van der Waals surface area contributed by atoms with Crippen molar-refractivity contribution in [1.82, 2.24) is 5.32 Å². The Balaban J connectivity index is 2.38. The summed E-state index contributed by atoms with van der Waals surface area (Å²) in [4.78, 5) is 11.9. The fourth-order valence-electron chi connectivity index (χ4n) is 2.28. The number of carbonyl (C=O) groups excluding carboxylic acids is 1. The van der Waals surface area contributed by atoms with Crippen LogP contribution in [0.3, 0.4) is 0 Å². The predicted octanol–water partition coefficient (Wildman–Crippen LogP) is 1.81. The van der Waals surface area contributed by atoms with Gasteiger partial charge in [-0.15, -0.1) is 0 Å². The van der Waals surface area contributed by atoms with Crippen LogP contribution < -0.4 is 11.1 Å². The van der Waals surface area contributed by atoms with Crippen molar-refractivity contribution in [2.75, 3.05) is 0 Å². The number of carbonyl (C=O) groups is 1. The summed E-state index contributed by atoms with van der Waals surface area (Å²) in [6, 6.07) is 0.576. The molecule has 1 rings (SSSR count). The summed E-state index contributed by atoms with van der Waals surface area (Å²) in [6.07, 6.45) is 6.09. The largest absolute Gasteiger partial charge is 0.353 e. The van der Waals surface area contributed by atoms with Crippen LogP contribution in [-0.2, 0) is 4.79 Å². The smallest absolute Gasteiger partial charge is 0.223 e. The topological polar surface area (TPSA) is 55.1 Å². The Morgan fingerprint density at radius 3 is 2.60 bits per heavy atom. The van der Waals surface area contributed by atoms with Crippen molar-refractivity contribution in [3.05, 3.63) is 0 Å². The van der Waals surface area contributed by atoms with Gasteiger partial charge >= 0.3 is 0 Å². The van der Waals surface area contributed by atoms with Crippen molar-refractivity contribution < 1.29 is 4.79 Å². The quantitative estimate of drug-likeness (QED) is 0.746. The van der Waals surface area contributed by atoms with E-state index >= 15 is 0 Å². The van der Waals surface area contributed by atoms with Crippen LogP contribution in [-0.4, -0.2) is 18.0 Å². The van der Waals surface area contributed by atoms with Gasteiger partial charge in [-0.2, -0.15) is 0 Å². The molecule has 88 valence electrons. The van der Waals surface area contributed by atoms with Crippen molar-refractivity contribution in [1.29, 1.82) is 0 Å². The molecule has 1 fully saturated rings. The highest BCUT2D eigenvalue weighted by Gasteiger charge is 2.25. The number of nitrogens with two attached hydrogens (primary N) is 1. The standard InChI is InChI=1S/C12H24N2O/c1-3-11(4-2)14-12(15)9-6-5-7-10(13)8-9/h9-11H,3-8,13H2,1-2H3,(H,14,15). The SMILES string of the molecule is CCC(CC)NC(=O)C1CCCC(N)C1. The molecule has 0 aromatic rings. The first-order chi connectivity index (χ1) is 7.17. The Morgan fingerprint density at radius 1 is 1.40 bits per heavy atom. The van der Waals surface area contributed by atoms with Crippen LogP contribution in [0.4, 0.5) is 0 Å². The summed E-state index contributed by atoms with van der Waals surface area (Å²) in [7, 11) is 0. The highest BCUT2D eigenvalue weighted by Crippen LogP contribution is 2.23. The molecule has 2 unspecified atom stereocenters. The maximum absolute atomic E-state index is 11.9. The lowest BCUT2D eigenvalue weighted by atomic mass is 9.85. The first kappa shape index (κ1) is 12.5. The van der Waals surface area contributed by atoms with Crippen LogP contribution >= 0.6 is 0 Å². The average molecular weight is 212 g/mol. The van der Waals surface area contributed by atoms with Crippen molar-refractivity contribution in [2.24, 2.45) is 11.7 Å². The number of hydrogen-bond donors (Lipinski definition) is 2. The van der Waals surface area contributed by atoms with Gasteiger partial charge in [-0.3, -0.25) is 4.79 Å². The fourth-order valence-corrected chi connectivity index (χ4v) is 2.28. The van der Waals surface area contributed by atoms with Crippen molar-refractivity contribution >= 4 is 5.91 Å². The molecule has 15 heavy (non-hydrogen) atoms. The maximum atomic E-state index is 11.9. The molecule has 0 radical (unpaired) electrons. The third-order valence-electron chi connectivity index (χ3n) is 3.42. The van der Waals surface area contributed by atoms with E-state index in [9.17, 15) is 4.79 Å². The van der Waals surface area contributed by atoms with E-state index in [2.05, 4.69) is 19.2 Å². The van der Waals surface area contributed by atoms with E-state index in [0.29, 0.717) is 6.04 Å². The van der Waals surface area contributed by atoms with E-state index in [0.717, 1.165) is 38.5 Å². The average Bonchev–Trinajstić information content (AvgIpc) is 2.25. The lowest BCUT2D eigenvalue weighted by Crippen LogP contribution is -2.41. The van der Waals surface area contributed by atoms with Gasteiger partial charge in [-0.05, 0) is 32.1 Å². The second-order valence-electron chi connectivity index (χ2n) is 4.65. The van der Waals surface area contributed by atoms with Gasteiger partial charge in [0.1, 0.15) is 0 Å². The minimum Gasteiger partial charge on any atom is -0.353 e. The zero-order chi connectivity index (χ0) is 11.3. The molecule has 3 N–H and O–H groups in total. The number of rotatable bonds is 4. The Hall–Kier alpha value is -0.570. The number of nitrogens with one attached hydrogen (secondary N) is 1. The molecule has 3 nitrogen and oxygen atoms in total. The summed E-state index contributed by atoms with van der Waals surface area (Å²) < 4.78 is 0. The van der Waals surface area contributed by atoms with E-state index in [1.54, 1.807) is 0 Å². The highest BCUT2D eigenvalue weighted by atomic mass is 16.1. The van der Waals surface area contributed by atoms with E-state index in [4.69, 9.17) is 5.73 Å². The number of hydrogen-bond acceptors (Lipinski definition) is 2. The minimum atomic E-state index is 0.161. The van der Waals surface area contributed by atoms with Gasteiger partial charge in [0.05, 0.1) is 0 Å². The summed E-state index contributed by atoms with van der Waals surface area (Å²) in [5, 5.41) is 3.11. The normalized spacial score (nSPS) is 26.7. The summed E-state index contributed by atoms with van der Waals surface area (Å²) in [5.41, 5.74) is 5.88. The number of amides is 1. The molecular weight excluding hydrogens is 188 g/mol. The molecule has 0 aliphatic heterocycles. The van der Waals surface area contributed by atoms with Gasteiger partial charge in [-0.1, -0.05) is 20.3 Å². The lowest BCUT2D eigenvalue weighted by Gasteiger charge is -2.27. The molecule has 0 saturated heterocycles. The zero-order valence-corrected chi connectivity index (χ0v) is 9.96. The van der Waals surface area contributed by atoms with Crippen molar-refractivity contribution in [3.63, 3.8) is 0 Å². The molecule has 1 aliphatic carbocycles. The van der Waals surface area contributed by atoms with Crippen LogP contribution in [0.1, 0.15) is 52.4 Å².